The van der Waals surface area contributed by atoms with Crippen LogP contribution in [0.25, 0.3) is 0 Å². The van der Waals surface area contributed by atoms with Crippen molar-refractivity contribution in [2.45, 2.75) is 33.2 Å². The first-order valence-corrected chi connectivity index (χ1v) is 6.21. The molecule has 0 spiro atoms. The van der Waals surface area contributed by atoms with Gasteiger partial charge < -0.3 is 10.6 Å². The Labute approximate surface area is 98.4 Å². The molecule has 0 saturated carbocycles. The maximum atomic E-state index is 4.42. The summed E-state index contributed by atoms with van der Waals surface area (Å²) in [6, 6.07) is 2.18. The standard InChI is InChI=1S/C12H24N4/c1-4-11-9-12(16(3)15-11)10-14-8-6-7-13-5-2/h9,13-14H,4-8,10H2,1-3H3. The summed E-state index contributed by atoms with van der Waals surface area (Å²) >= 11 is 0. The van der Waals surface area contributed by atoms with E-state index in [1.54, 1.807) is 0 Å². The van der Waals surface area contributed by atoms with Crippen molar-refractivity contribution in [3.05, 3.63) is 17.5 Å². The molecule has 0 aliphatic rings. The number of nitrogens with zero attached hydrogens (tertiary/aromatic N) is 2. The maximum absolute atomic E-state index is 4.42. The minimum absolute atomic E-state index is 0.912. The summed E-state index contributed by atoms with van der Waals surface area (Å²) in [6.45, 7) is 8.39. The second kappa shape index (κ2) is 7.41. The molecule has 0 aliphatic carbocycles. The number of hydrogen-bond acceptors (Lipinski definition) is 3. The molecule has 0 aromatic carbocycles. The molecule has 1 aromatic rings. The summed E-state index contributed by atoms with van der Waals surface area (Å²) in [5.41, 5.74) is 2.44. The van der Waals surface area contributed by atoms with Crippen molar-refractivity contribution < 1.29 is 0 Å². The van der Waals surface area contributed by atoms with Crippen molar-refractivity contribution in [2.75, 3.05) is 19.6 Å². The van der Waals surface area contributed by atoms with Gasteiger partial charge in [-0.25, -0.2) is 0 Å². The molecule has 1 aromatic heterocycles. The van der Waals surface area contributed by atoms with Gasteiger partial charge in [0.25, 0.3) is 0 Å². The molecule has 0 amide bonds. The highest BCUT2D eigenvalue weighted by atomic mass is 15.3. The maximum Gasteiger partial charge on any atom is 0.0625 e. The molecule has 92 valence electrons. The van der Waals surface area contributed by atoms with Gasteiger partial charge in [-0.15, -0.1) is 0 Å². The van der Waals surface area contributed by atoms with E-state index < -0.39 is 0 Å². The minimum Gasteiger partial charge on any atom is -0.317 e. The molecule has 0 unspecified atom stereocenters. The molecule has 0 radical (unpaired) electrons. The Morgan fingerprint density at radius 3 is 2.62 bits per heavy atom. The predicted molar refractivity (Wildman–Crippen MR) is 67.5 cm³/mol. The first-order chi connectivity index (χ1) is 7.77. The third kappa shape index (κ3) is 4.33. The topological polar surface area (TPSA) is 41.9 Å². The first-order valence-electron chi connectivity index (χ1n) is 6.21. The van der Waals surface area contributed by atoms with Gasteiger partial charge in [0, 0.05) is 13.6 Å². The van der Waals surface area contributed by atoms with Crippen LogP contribution in [0, 0.1) is 0 Å². The summed E-state index contributed by atoms with van der Waals surface area (Å²) < 4.78 is 1.97. The molecule has 0 bridgehead atoms. The van der Waals surface area contributed by atoms with Crippen LogP contribution in [0.2, 0.25) is 0 Å². The molecule has 4 heteroatoms. The van der Waals surface area contributed by atoms with E-state index in [2.05, 4.69) is 35.6 Å². The van der Waals surface area contributed by atoms with Crippen LogP contribution in [0.1, 0.15) is 31.7 Å². The summed E-state index contributed by atoms with van der Waals surface area (Å²) in [6.07, 6.45) is 2.18. The van der Waals surface area contributed by atoms with Crippen LogP contribution >= 0.6 is 0 Å². The number of aryl methyl sites for hydroxylation is 2. The second-order valence-corrected chi connectivity index (χ2v) is 3.99. The van der Waals surface area contributed by atoms with Crippen LogP contribution in [0.5, 0.6) is 0 Å². The fourth-order valence-electron chi connectivity index (χ4n) is 1.64. The van der Waals surface area contributed by atoms with Gasteiger partial charge in [-0.3, -0.25) is 4.68 Å². The van der Waals surface area contributed by atoms with Gasteiger partial charge in [0.1, 0.15) is 0 Å². The van der Waals surface area contributed by atoms with Crippen molar-refractivity contribution in [1.29, 1.82) is 0 Å². The summed E-state index contributed by atoms with van der Waals surface area (Å²) in [7, 11) is 2.01. The third-order valence-electron chi connectivity index (χ3n) is 2.65. The molecule has 4 nitrogen and oxygen atoms in total. The highest BCUT2D eigenvalue weighted by molar-refractivity contribution is 5.09. The van der Waals surface area contributed by atoms with Gasteiger partial charge in [-0.2, -0.15) is 5.10 Å². The van der Waals surface area contributed by atoms with Gasteiger partial charge in [0.2, 0.25) is 0 Å². The molecule has 16 heavy (non-hydrogen) atoms. The SMILES string of the molecule is CCNCCCNCc1cc(CC)nn1C. The van der Waals surface area contributed by atoms with E-state index in [4.69, 9.17) is 0 Å². The zero-order valence-electron chi connectivity index (χ0n) is 10.7. The predicted octanol–water partition coefficient (Wildman–Crippen LogP) is 1.07. The Hall–Kier alpha value is -0.870. The molecule has 1 heterocycles. The molecular weight excluding hydrogens is 200 g/mol. The van der Waals surface area contributed by atoms with Crippen LogP contribution in [-0.2, 0) is 20.0 Å². The highest BCUT2D eigenvalue weighted by Crippen LogP contribution is 2.03. The average Bonchev–Trinajstić information content (AvgIpc) is 2.65. The third-order valence-corrected chi connectivity index (χ3v) is 2.65. The average molecular weight is 224 g/mol. The zero-order valence-corrected chi connectivity index (χ0v) is 10.7. The fraction of sp³-hybridized carbons (Fsp3) is 0.750. The van der Waals surface area contributed by atoms with Crippen molar-refractivity contribution in [1.82, 2.24) is 20.4 Å². The van der Waals surface area contributed by atoms with Crippen LogP contribution in [0.15, 0.2) is 6.07 Å². The Balaban J connectivity index is 2.18. The Morgan fingerprint density at radius 1 is 1.25 bits per heavy atom. The van der Waals surface area contributed by atoms with Gasteiger partial charge in [0.05, 0.1) is 11.4 Å². The molecule has 0 atom stereocenters. The minimum atomic E-state index is 0.912. The lowest BCUT2D eigenvalue weighted by Gasteiger charge is -2.05. The lowest BCUT2D eigenvalue weighted by atomic mass is 10.3. The lowest BCUT2D eigenvalue weighted by Crippen LogP contribution is -2.22. The lowest BCUT2D eigenvalue weighted by molar-refractivity contribution is 0.583. The smallest absolute Gasteiger partial charge is 0.0625 e. The van der Waals surface area contributed by atoms with Gasteiger partial charge in [-0.05, 0) is 38.5 Å². The Kier molecular flexibility index (Phi) is 6.11. The molecule has 0 saturated heterocycles. The van der Waals surface area contributed by atoms with E-state index in [-0.39, 0.29) is 0 Å². The van der Waals surface area contributed by atoms with Gasteiger partial charge >= 0.3 is 0 Å². The Bertz CT molecular complexity index is 293. The van der Waals surface area contributed by atoms with Crippen LogP contribution in [0.3, 0.4) is 0 Å². The zero-order chi connectivity index (χ0) is 11.8. The van der Waals surface area contributed by atoms with E-state index >= 15 is 0 Å². The molecule has 0 aliphatic heterocycles. The van der Waals surface area contributed by atoms with E-state index in [1.807, 2.05) is 11.7 Å². The van der Waals surface area contributed by atoms with Crippen molar-refractivity contribution >= 4 is 0 Å². The van der Waals surface area contributed by atoms with Gasteiger partial charge in [-0.1, -0.05) is 13.8 Å². The highest BCUT2D eigenvalue weighted by Gasteiger charge is 2.02. The van der Waals surface area contributed by atoms with E-state index in [1.165, 1.54) is 17.8 Å². The Morgan fingerprint density at radius 2 is 2.00 bits per heavy atom. The molecule has 2 N–H and O–H groups in total. The van der Waals surface area contributed by atoms with Crippen LogP contribution in [-0.4, -0.2) is 29.4 Å². The van der Waals surface area contributed by atoms with Gasteiger partial charge in [0.15, 0.2) is 0 Å². The number of rotatable bonds is 8. The number of aromatic nitrogens is 2. The monoisotopic (exact) mass is 224 g/mol. The number of nitrogens with one attached hydrogen (secondary N) is 2. The van der Waals surface area contributed by atoms with Crippen molar-refractivity contribution in [3.63, 3.8) is 0 Å². The van der Waals surface area contributed by atoms with E-state index in [9.17, 15) is 0 Å². The molecule has 0 fully saturated rings. The normalized spacial score (nSPS) is 10.9. The van der Waals surface area contributed by atoms with E-state index in [0.717, 1.165) is 32.6 Å². The second-order valence-electron chi connectivity index (χ2n) is 3.99. The van der Waals surface area contributed by atoms with Crippen LogP contribution < -0.4 is 10.6 Å². The molecular formula is C12H24N4. The molecule has 1 rings (SSSR count). The fourth-order valence-corrected chi connectivity index (χ4v) is 1.64. The van der Waals surface area contributed by atoms with Crippen molar-refractivity contribution in [2.24, 2.45) is 7.05 Å². The largest absolute Gasteiger partial charge is 0.317 e. The van der Waals surface area contributed by atoms with Crippen LogP contribution in [0.4, 0.5) is 0 Å². The van der Waals surface area contributed by atoms with E-state index in [0.29, 0.717) is 0 Å². The summed E-state index contributed by atoms with van der Waals surface area (Å²) in [4.78, 5) is 0. The summed E-state index contributed by atoms with van der Waals surface area (Å²) in [5.74, 6) is 0. The van der Waals surface area contributed by atoms with Crippen molar-refractivity contribution in [3.8, 4) is 0 Å². The summed E-state index contributed by atoms with van der Waals surface area (Å²) in [5, 5.41) is 11.2. The first kappa shape index (κ1) is 13.2. The number of hydrogen-bond donors (Lipinski definition) is 2. The quantitative estimate of drug-likeness (QED) is 0.649.